The molecule has 0 atom stereocenters. The Kier molecular flexibility index (Phi) is 7.86. The number of carbonyl (C=O) groups excluding carboxylic acids is 1. The van der Waals surface area contributed by atoms with Crippen molar-refractivity contribution in [3.05, 3.63) is 65.9 Å². The van der Waals surface area contributed by atoms with Gasteiger partial charge in [0.25, 0.3) is 11.1 Å². The van der Waals surface area contributed by atoms with E-state index in [1.54, 1.807) is 7.11 Å². The first-order chi connectivity index (χ1) is 17.8. The van der Waals surface area contributed by atoms with Crippen LogP contribution in [0.25, 0.3) is 17.0 Å². The molecule has 1 amide bonds. The van der Waals surface area contributed by atoms with Gasteiger partial charge in [-0.25, -0.2) is 8.42 Å². The lowest BCUT2D eigenvalue weighted by Gasteiger charge is -2.11. The molecule has 0 aliphatic carbocycles. The molecule has 4 aromatic rings. The summed E-state index contributed by atoms with van der Waals surface area (Å²) in [5.41, 5.74) is 1.49. The maximum Gasteiger partial charge on any atom is 0.268 e. The predicted molar refractivity (Wildman–Crippen MR) is 140 cm³/mol. The molecule has 37 heavy (non-hydrogen) atoms. The van der Waals surface area contributed by atoms with Gasteiger partial charge in [-0.05, 0) is 30.7 Å². The van der Waals surface area contributed by atoms with Gasteiger partial charge in [-0.3, -0.25) is 10.1 Å². The number of nitrogens with one attached hydrogen (secondary N) is 1. The second-order valence-corrected chi connectivity index (χ2v) is 10.6. The van der Waals surface area contributed by atoms with Gasteiger partial charge in [-0.15, -0.1) is 0 Å². The number of para-hydroxylation sites is 3. The second-order valence-electron chi connectivity index (χ2n) is 7.93. The van der Waals surface area contributed by atoms with Crippen LogP contribution in [0.4, 0.5) is 5.13 Å². The third kappa shape index (κ3) is 6.14. The Morgan fingerprint density at radius 1 is 1.19 bits per heavy atom. The number of carbonyl (C=O) groups is 1. The Morgan fingerprint density at radius 3 is 2.62 bits per heavy atom. The lowest BCUT2D eigenvalue weighted by molar-refractivity contribution is -0.112. The molecule has 0 radical (unpaired) electrons. The van der Waals surface area contributed by atoms with Crippen LogP contribution in [0.3, 0.4) is 0 Å². The summed E-state index contributed by atoms with van der Waals surface area (Å²) in [6.07, 6.45) is 5.07. The molecule has 10 nitrogen and oxygen atoms in total. The van der Waals surface area contributed by atoms with Crippen LogP contribution in [0.15, 0.2) is 65.5 Å². The van der Waals surface area contributed by atoms with Gasteiger partial charge in [-0.1, -0.05) is 30.3 Å². The van der Waals surface area contributed by atoms with Crippen LogP contribution in [0.2, 0.25) is 0 Å². The first-order valence-corrected chi connectivity index (χ1v) is 13.8. The predicted octanol–water partition coefficient (Wildman–Crippen LogP) is 3.92. The summed E-state index contributed by atoms with van der Waals surface area (Å²) >= 11 is 0.725. The van der Waals surface area contributed by atoms with Crippen LogP contribution in [0, 0.1) is 11.3 Å². The number of hydrogen-bond acceptors (Lipinski definition) is 9. The molecular formula is C25H23N5O5S2. The molecule has 0 unspecified atom stereocenters. The molecule has 0 aliphatic heterocycles. The highest BCUT2D eigenvalue weighted by Crippen LogP contribution is 2.27. The number of fused-ring (bicyclic) bond motifs is 1. The van der Waals surface area contributed by atoms with Crippen LogP contribution in [0.5, 0.6) is 11.5 Å². The second kappa shape index (κ2) is 11.2. The number of sulfone groups is 1. The monoisotopic (exact) mass is 537 g/mol. The van der Waals surface area contributed by atoms with Gasteiger partial charge in [0.1, 0.15) is 11.6 Å². The normalized spacial score (nSPS) is 11.8. The minimum Gasteiger partial charge on any atom is -0.493 e. The third-order valence-electron chi connectivity index (χ3n) is 5.31. The zero-order valence-corrected chi connectivity index (χ0v) is 21.7. The van der Waals surface area contributed by atoms with Crippen molar-refractivity contribution in [1.29, 1.82) is 5.26 Å². The van der Waals surface area contributed by atoms with E-state index in [4.69, 9.17) is 9.47 Å². The van der Waals surface area contributed by atoms with Crippen molar-refractivity contribution < 1.29 is 22.7 Å². The van der Waals surface area contributed by atoms with Gasteiger partial charge < -0.3 is 14.0 Å². The molecule has 0 saturated carbocycles. The molecule has 4 rings (SSSR count). The molecule has 12 heteroatoms. The Labute approximate surface area is 217 Å². The van der Waals surface area contributed by atoms with Crippen LogP contribution in [-0.4, -0.2) is 48.2 Å². The van der Waals surface area contributed by atoms with Crippen LogP contribution in [-0.2, 0) is 21.2 Å². The van der Waals surface area contributed by atoms with Crippen molar-refractivity contribution in [2.45, 2.75) is 18.1 Å². The topological polar surface area (TPSA) is 136 Å². The van der Waals surface area contributed by atoms with Gasteiger partial charge in [0, 0.05) is 47.0 Å². The number of nitrogens with zero attached hydrogens (tertiary/aromatic N) is 4. The fraction of sp³-hybridized carbons (Fsp3) is 0.200. The van der Waals surface area contributed by atoms with Crippen LogP contribution in [0.1, 0.15) is 12.0 Å². The van der Waals surface area contributed by atoms with Gasteiger partial charge in [0.2, 0.25) is 15.0 Å². The molecule has 2 aromatic carbocycles. The molecule has 0 aliphatic rings. The molecule has 2 heterocycles. The van der Waals surface area contributed by atoms with E-state index in [1.807, 2.05) is 65.4 Å². The van der Waals surface area contributed by atoms with E-state index in [0.717, 1.165) is 28.7 Å². The molecule has 0 bridgehead atoms. The van der Waals surface area contributed by atoms with E-state index in [-0.39, 0.29) is 15.9 Å². The van der Waals surface area contributed by atoms with Gasteiger partial charge in [0.05, 0.1) is 13.7 Å². The Morgan fingerprint density at radius 2 is 1.92 bits per heavy atom. The van der Waals surface area contributed by atoms with E-state index in [0.29, 0.717) is 36.6 Å². The van der Waals surface area contributed by atoms with E-state index < -0.39 is 15.7 Å². The van der Waals surface area contributed by atoms with Gasteiger partial charge in [-0.2, -0.15) is 14.6 Å². The number of anilines is 1. The number of methoxy groups -OCH3 is 1. The van der Waals surface area contributed by atoms with Crippen molar-refractivity contribution in [2.75, 3.05) is 25.3 Å². The van der Waals surface area contributed by atoms with Crippen molar-refractivity contribution in [2.24, 2.45) is 0 Å². The summed E-state index contributed by atoms with van der Waals surface area (Å²) in [6.45, 7) is 1.12. The zero-order chi connectivity index (χ0) is 26.4. The first-order valence-electron chi connectivity index (χ1n) is 11.1. The highest BCUT2D eigenvalue weighted by Gasteiger charge is 2.18. The van der Waals surface area contributed by atoms with Crippen LogP contribution < -0.4 is 14.8 Å². The SMILES string of the molecule is COc1ccccc1OCCCn1cc(C=C(C#N)C(=O)Nc2nc(S(C)(=O)=O)ns2)c2ccccc21. The highest BCUT2D eigenvalue weighted by atomic mass is 32.2. The lowest BCUT2D eigenvalue weighted by Crippen LogP contribution is -2.13. The summed E-state index contributed by atoms with van der Waals surface area (Å²) in [7, 11) is -2.01. The van der Waals surface area contributed by atoms with Crippen LogP contribution >= 0.6 is 11.5 Å². The molecule has 190 valence electrons. The minimum atomic E-state index is -3.60. The molecule has 0 saturated heterocycles. The summed E-state index contributed by atoms with van der Waals surface area (Å²) in [6, 6.07) is 17.0. The van der Waals surface area contributed by atoms with Gasteiger partial charge >= 0.3 is 0 Å². The van der Waals surface area contributed by atoms with Crippen molar-refractivity contribution in [3.8, 4) is 17.6 Å². The third-order valence-corrected chi connectivity index (χ3v) is 6.91. The highest BCUT2D eigenvalue weighted by molar-refractivity contribution is 7.90. The number of ether oxygens (including phenoxy) is 2. The van der Waals surface area contributed by atoms with E-state index in [2.05, 4.69) is 14.7 Å². The number of benzene rings is 2. The molecular weight excluding hydrogens is 514 g/mol. The minimum absolute atomic E-state index is 0.0101. The number of rotatable bonds is 10. The average molecular weight is 538 g/mol. The summed E-state index contributed by atoms with van der Waals surface area (Å²) < 4.78 is 40.1. The summed E-state index contributed by atoms with van der Waals surface area (Å²) in [4.78, 5) is 16.5. The summed E-state index contributed by atoms with van der Waals surface area (Å²) in [5.74, 6) is 0.639. The largest absolute Gasteiger partial charge is 0.493 e. The van der Waals surface area contributed by atoms with Crippen molar-refractivity contribution >= 4 is 49.4 Å². The maximum atomic E-state index is 12.7. The van der Waals surface area contributed by atoms with Gasteiger partial charge in [0.15, 0.2) is 11.5 Å². The molecule has 0 fully saturated rings. The maximum absolute atomic E-state index is 12.7. The Balaban J connectivity index is 1.50. The zero-order valence-electron chi connectivity index (χ0n) is 20.0. The van der Waals surface area contributed by atoms with Crippen molar-refractivity contribution in [1.82, 2.24) is 13.9 Å². The molecule has 1 N–H and O–H groups in total. The lowest BCUT2D eigenvalue weighted by atomic mass is 10.1. The first kappa shape index (κ1) is 25.9. The molecule has 2 aromatic heterocycles. The van der Waals surface area contributed by atoms with Crippen molar-refractivity contribution in [3.63, 3.8) is 0 Å². The number of nitriles is 1. The fourth-order valence-electron chi connectivity index (χ4n) is 3.61. The summed E-state index contributed by atoms with van der Waals surface area (Å²) in [5, 5.41) is 12.6. The number of hydrogen-bond donors (Lipinski definition) is 1. The molecule has 0 spiro atoms. The quantitative estimate of drug-likeness (QED) is 0.183. The number of amides is 1. The van der Waals surface area contributed by atoms with E-state index >= 15 is 0 Å². The standard InChI is InChI=1S/C25H23N5O5S2/c1-34-21-10-5-6-11-22(21)35-13-7-12-30-16-18(19-8-3-4-9-20(19)30)14-17(15-26)23(31)27-24-28-25(29-36-24)37(2,32)33/h3-6,8-11,14,16H,7,12-13H2,1-2H3,(H,27,28,29,31). The smallest absolute Gasteiger partial charge is 0.268 e. The van der Waals surface area contributed by atoms with E-state index in [9.17, 15) is 18.5 Å². The van der Waals surface area contributed by atoms with E-state index in [1.165, 1.54) is 6.08 Å². The number of aryl methyl sites for hydroxylation is 1. The average Bonchev–Trinajstić information content (AvgIpc) is 3.50. The number of aromatic nitrogens is 3. The fourth-order valence-corrected chi connectivity index (χ4v) is 5.05. The Bertz CT molecular complexity index is 1620. The Hall–Kier alpha value is -4.21.